The first-order valence-corrected chi connectivity index (χ1v) is 11.7. The predicted octanol–water partition coefficient (Wildman–Crippen LogP) is 4.18. The first-order valence-electron chi connectivity index (χ1n) is 10.3. The Morgan fingerprint density at radius 1 is 0.938 bits per heavy atom. The van der Waals surface area contributed by atoms with Gasteiger partial charge in [0.15, 0.2) is 0 Å². The lowest BCUT2D eigenvalue weighted by Crippen LogP contribution is -2.26. The van der Waals surface area contributed by atoms with Crippen LogP contribution in [0.4, 0.5) is 5.69 Å². The van der Waals surface area contributed by atoms with Gasteiger partial charge in [-0.15, -0.1) is 0 Å². The summed E-state index contributed by atoms with van der Waals surface area (Å²) < 4.78 is 29.1. The van der Waals surface area contributed by atoms with Crippen molar-refractivity contribution < 1.29 is 13.2 Å². The summed E-state index contributed by atoms with van der Waals surface area (Å²) in [6, 6.07) is 23.7. The molecule has 1 amide bonds. The Balaban J connectivity index is 1.43. The van der Waals surface area contributed by atoms with Crippen LogP contribution in [-0.2, 0) is 34.8 Å². The summed E-state index contributed by atoms with van der Waals surface area (Å²) in [6.07, 6.45) is 2.20. The number of nitrogens with zero attached hydrogens (tertiary/aromatic N) is 2. The summed E-state index contributed by atoms with van der Waals surface area (Å²) >= 11 is 0. The fourth-order valence-corrected chi connectivity index (χ4v) is 4.92. The molecule has 0 saturated carbocycles. The number of aryl methyl sites for hydroxylation is 1. The van der Waals surface area contributed by atoms with Gasteiger partial charge in [0.05, 0.1) is 11.3 Å². The van der Waals surface area contributed by atoms with Crippen molar-refractivity contribution >= 4 is 32.5 Å². The van der Waals surface area contributed by atoms with Crippen molar-refractivity contribution in [3.05, 3.63) is 96.2 Å². The molecule has 0 bridgehead atoms. The molecule has 0 fully saturated rings. The van der Waals surface area contributed by atoms with Crippen LogP contribution in [0.15, 0.2) is 90.0 Å². The summed E-state index contributed by atoms with van der Waals surface area (Å²) in [6.45, 7) is 0.284. The Morgan fingerprint density at radius 3 is 2.31 bits per heavy atom. The molecule has 164 valence electrons. The molecule has 0 unspecified atom stereocenters. The minimum atomic E-state index is -3.63. The van der Waals surface area contributed by atoms with Gasteiger partial charge in [-0.1, -0.05) is 48.5 Å². The molecule has 0 aliphatic carbocycles. The van der Waals surface area contributed by atoms with Gasteiger partial charge in [-0.25, -0.2) is 8.42 Å². The van der Waals surface area contributed by atoms with Crippen LogP contribution < -0.4 is 5.32 Å². The monoisotopic (exact) mass is 447 g/mol. The standard InChI is InChI=1S/C25H25N3O3S/c1-27-18-20(23-10-6-7-11-24(23)27)16-25(29)26-21-12-14-22(15-13-21)32(30,31)28(2)17-19-8-4-3-5-9-19/h3-15,18H,16-17H2,1-2H3,(H,26,29). The molecule has 0 radical (unpaired) electrons. The van der Waals surface area contributed by atoms with E-state index in [0.29, 0.717) is 5.69 Å². The fraction of sp³-hybridized carbons (Fsp3) is 0.160. The number of hydrogen-bond donors (Lipinski definition) is 1. The molecule has 0 aliphatic rings. The average molecular weight is 448 g/mol. The first-order chi connectivity index (χ1) is 15.3. The van der Waals surface area contributed by atoms with Gasteiger partial charge in [0.1, 0.15) is 0 Å². The second kappa shape index (κ2) is 8.98. The molecule has 6 nitrogen and oxygen atoms in total. The van der Waals surface area contributed by atoms with Gasteiger partial charge in [-0.05, 0) is 41.5 Å². The molecule has 1 heterocycles. The Hall–Kier alpha value is -3.42. The zero-order valence-electron chi connectivity index (χ0n) is 18.0. The van der Waals surface area contributed by atoms with Gasteiger partial charge in [0.25, 0.3) is 0 Å². The number of para-hydroxylation sites is 1. The summed E-state index contributed by atoms with van der Waals surface area (Å²) in [7, 11) is -0.121. The van der Waals surface area contributed by atoms with Crippen LogP contribution in [0.25, 0.3) is 10.9 Å². The molecule has 0 atom stereocenters. The highest BCUT2D eigenvalue weighted by Crippen LogP contribution is 2.22. The van der Waals surface area contributed by atoms with Crippen LogP contribution in [0.2, 0.25) is 0 Å². The Bertz CT molecular complexity index is 1340. The SMILES string of the molecule is CN(Cc1ccccc1)S(=O)(=O)c1ccc(NC(=O)Cc2cn(C)c3ccccc23)cc1. The van der Waals surface area contributed by atoms with Gasteiger partial charge in [0.2, 0.25) is 15.9 Å². The van der Waals surface area contributed by atoms with E-state index in [1.807, 2.05) is 72.4 Å². The fourth-order valence-electron chi connectivity index (χ4n) is 3.76. The molecule has 0 aliphatic heterocycles. The van der Waals surface area contributed by atoms with Gasteiger partial charge >= 0.3 is 0 Å². The third kappa shape index (κ3) is 4.59. The quantitative estimate of drug-likeness (QED) is 0.462. The number of aromatic nitrogens is 1. The lowest BCUT2D eigenvalue weighted by molar-refractivity contribution is -0.115. The van der Waals surface area contributed by atoms with Crippen LogP contribution in [-0.4, -0.2) is 30.2 Å². The highest BCUT2D eigenvalue weighted by molar-refractivity contribution is 7.89. The predicted molar refractivity (Wildman–Crippen MR) is 127 cm³/mol. The van der Waals surface area contributed by atoms with E-state index >= 15 is 0 Å². The third-order valence-electron chi connectivity index (χ3n) is 5.42. The Labute approximate surface area is 188 Å². The van der Waals surface area contributed by atoms with Crippen molar-refractivity contribution in [2.24, 2.45) is 7.05 Å². The molecule has 3 aromatic carbocycles. The van der Waals surface area contributed by atoms with Crippen molar-refractivity contribution in [2.45, 2.75) is 17.9 Å². The van der Waals surface area contributed by atoms with Gasteiger partial charge < -0.3 is 9.88 Å². The molecular weight excluding hydrogens is 422 g/mol. The van der Waals surface area contributed by atoms with Gasteiger partial charge in [-0.3, -0.25) is 4.79 Å². The van der Waals surface area contributed by atoms with Crippen molar-refractivity contribution in [3.8, 4) is 0 Å². The molecule has 4 aromatic rings. The van der Waals surface area contributed by atoms with E-state index in [1.54, 1.807) is 19.2 Å². The zero-order chi connectivity index (χ0) is 22.7. The van der Waals surface area contributed by atoms with E-state index in [1.165, 1.54) is 16.4 Å². The number of carbonyl (C=O) groups is 1. The number of benzene rings is 3. The van der Waals surface area contributed by atoms with E-state index in [4.69, 9.17) is 0 Å². The van der Waals surface area contributed by atoms with E-state index in [9.17, 15) is 13.2 Å². The molecule has 4 rings (SSSR count). The van der Waals surface area contributed by atoms with Crippen molar-refractivity contribution in [2.75, 3.05) is 12.4 Å². The Kier molecular flexibility index (Phi) is 6.12. The normalized spacial score (nSPS) is 11.7. The number of sulfonamides is 1. The molecule has 1 N–H and O–H groups in total. The third-order valence-corrected chi connectivity index (χ3v) is 7.24. The molecule has 0 saturated heterocycles. The molecule has 1 aromatic heterocycles. The smallest absolute Gasteiger partial charge is 0.243 e. The summed E-state index contributed by atoms with van der Waals surface area (Å²) in [5.74, 6) is -0.154. The zero-order valence-corrected chi connectivity index (χ0v) is 18.8. The maximum absolute atomic E-state index is 12.9. The highest BCUT2D eigenvalue weighted by atomic mass is 32.2. The topological polar surface area (TPSA) is 71.4 Å². The second-order valence-electron chi connectivity index (χ2n) is 7.78. The van der Waals surface area contributed by atoms with Gasteiger partial charge in [0, 0.05) is 43.4 Å². The second-order valence-corrected chi connectivity index (χ2v) is 9.82. The van der Waals surface area contributed by atoms with Crippen LogP contribution in [0.5, 0.6) is 0 Å². The summed E-state index contributed by atoms with van der Waals surface area (Å²) in [5.41, 5.74) is 3.49. The molecule has 32 heavy (non-hydrogen) atoms. The van der Waals surface area contributed by atoms with Crippen LogP contribution >= 0.6 is 0 Å². The van der Waals surface area contributed by atoms with Crippen molar-refractivity contribution in [1.29, 1.82) is 0 Å². The number of rotatable bonds is 7. The number of amides is 1. The van der Waals surface area contributed by atoms with Crippen molar-refractivity contribution in [1.82, 2.24) is 8.87 Å². The largest absolute Gasteiger partial charge is 0.350 e. The Morgan fingerprint density at radius 2 is 1.59 bits per heavy atom. The minimum Gasteiger partial charge on any atom is -0.350 e. The number of nitrogens with one attached hydrogen (secondary N) is 1. The van der Waals surface area contributed by atoms with Gasteiger partial charge in [-0.2, -0.15) is 4.31 Å². The number of carbonyl (C=O) groups excluding carboxylic acids is 1. The van der Waals surface area contributed by atoms with Crippen LogP contribution in [0.1, 0.15) is 11.1 Å². The van der Waals surface area contributed by atoms with Crippen LogP contribution in [0.3, 0.4) is 0 Å². The number of fused-ring (bicyclic) bond motifs is 1. The van der Waals surface area contributed by atoms with Crippen molar-refractivity contribution in [3.63, 3.8) is 0 Å². The number of hydrogen-bond acceptors (Lipinski definition) is 3. The van der Waals surface area contributed by atoms with E-state index in [2.05, 4.69) is 5.32 Å². The molecular formula is C25H25N3O3S. The average Bonchev–Trinajstić information content (AvgIpc) is 3.10. The first kappa shape index (κ1) is 21.8. The maximum atomic E-state index is 12.9. The van der Waals surface area contributed by atoms with E-state index < -0.39 is 10.0 Å². The van der Waals surface area contributed by atoms with E-state index in [-0.39, 0.29) is 23.8 Å². The minimum absolute atomic E-state index is 0.154. The van der Waals surface area contributed by atoms with Crippen LogP contribution in [0, 0.1) is 0 Å². The lowest BCUT2D eigenvalue weighted by atomic mass is 10.1. The lowest BCUT2D eigenvalue weighted by Gasteiger charge is -2.17. The molecule has 0 spiro atoms. The summed E-state index contributed by atoms with van der Waals surface area (Å²) in [5, 5.41) is 3.90. The van der Waals surface area contributed by atoms with E-state index in [0.717, 1.165) is 22.0 Å². The molecule has 7 heteroatoms. The highest BCUT2D eigenvalue weighted by Gasteiger charge is 2.21. The number of anilines is 1. The maximum Gasteiger partial charge on any atom is 0.243 e. The summed E-state index contributed by atoms with van der Waals surface area (Å²) in [4.78, 5) is 12.8.